The lowest BCUT2D eigenvalue weighted by atomic mass is 10.0. The number of carbonyl (C=O) groups is 1. The van der Waals surface area contributed by atoms with Gasteiger partial charge in [0.2, 0.25) is 5.91 Å². The van der Waals surface area contributed by atoms with E-state index < -0.39 is 0 Å². The monoisotopic (exact) mass is 547 g/mol. The number of imidazole rings is 1. The quantitative estimate of drug-likeness (QED) is 0.297. The molecule has 1 aliphatic heterocycles. The smallest absolute Gasteiger partial charge is 0.245 e. The van der Waals surface area contributed by atoms with Crippen molar-refractivity contribution in [1.82, 2.24) is 34.5 Å². The molecule has 0 saturated carbocycles. The number of nitrogens with one attached hydrogen (secondary N) is 1. The predicted molar refractivity (Wildman–Crippen MR) is 155 cm³/mol. The first-order chi connectivity index (χ1) is 20.1. The largest absolute Gasteiger partial charge is 0.339 e. The molecule has 41 heavy (non-hydrogen) atoms. The average Bonchev–Trinajstić information content (AvgIpc) is 3.76. The minimum atomic E-state index is -0.331. The molecule has 3 aromatic heterocycles. The van der Waals surface area contributed by atoms with Crippen molar-refractivity contribution in [2.45, 2.75) is 37.8 Å². The fourth-order valence-corrected chi connectivity index (χ4v) is 6.14. The molecule has 0 radical (unpaired) electrons. The van der Waals surface area contributed by atoms with Crippen LogP contribution in [0.4, 0.5) is 4.39 Å². The Bertz CT molecular complexity index is 1750. The summed E-state index contributed by atoms with van der Waals surface area (Å²) in [5.41, 5.74) is 5.20. The zero-order valence-corrected chi connectivity index (χ0v) is 22.6. The molecule has 0 bridgehead atoms. The van der Waals surface area contributed by atoms with E-state index in [1.807, 2.05) is 39.9 Å². The van der Waals surface area contributed by atoms with Gasteiger partial charge in [0.25, 0.3) is 0 Å². The van der Waals surface area contributed by atoms with E-state index in [-0.39, 0.29) is 17.8 Å². The lowest BCUT2D eigenvalue weighted by Crippen LogP contribution is -2.45. The van der Waals surface area contributed by atoms with Gasteiger partial charge in [0, 0.05) is 43.3 Å². The normalized spacial score (nSPS) is 17.2. The molecular formula is C32H30FN7O. The summed E-state index contributed by atoms with van der Waals surface area (Å²) in [6.07, 6.45) is 8.77. The van der Waals surface area contributed by atoms with Crippen LogP contribution in [0.5, 0.6) is 0 Å². The number of benzene rings is 2. The Kier molecular flexibility index (Phi) is 6.43. The van der Waals surface area contributed by atoms with Crippen molar-refractivity contribution in [2.75, 3.05) is 13.1 Å². The molecule has 2 aromatic carbocycles. The maximum absolute atomic E-state index is 15.1. The summed E-state index contributed by atoms with van der Waals surface area (Å²) in [5.74, 6) is 0.851. The fraction of sp³-hybridized carbons (Fsp3) is 0.250. The number of fused-ring (bicyclic) bond motifs is 2. The molecule has 206 valence electrons. The molecule has 0 spiro atoms. The molecule has 1 N–H and O–H groups in total. The van der Waals surface area contributed by atoms with Gasteiger partial charge in [-0.15, -0.1) is 0 Å². The molecule has 4 heterocycles. The van der Waals surface area contributed by atoms with Crippen LogP contribution in [0.1, 0.15) is 36.4 Å². The van der Waals surface area contributed by atoms with E-state index in [0.29, 0.717) is 34.4 Å². The Labute approximate surface area is 237 Å². The van der Waals surface area contributed by atoms with Gasteiger partial charge in [-0.3, -0.25) is 9.36 Å². The van der Waals surface area contributed by atoms with Gasteiger partial charge >= 0.3 is 0 Å². The van der Waals surface area contributed by atoms with Gasteiger partial charge in [0.1, 0.15) is 17.2 Å². The summed E-state index contributed by atoms with van der Waals surface area (Å²) in [4.78, 5) is 23.6. The second-order valence-corrected chi connectivity index (χ2v) is 10.7. The minimum Gasteiger partial charge on any atom is -0.339 e. The predicted octanol–water partition coefficient (Wildman–Crippen LogP) is 5.17. The topological polar surface area (TPSA) is 80.9 Å². The highest BCUT2D eigenvalue weighted by molar-refractivity contribution is 5.87. The molecule has 1 fully saturated rings. The molecule has 8 nitrogen and oxygen atoms in total. The third-order valence-electron chi connectivity index (χ3n) is 8.22. The first kappa shape index (κ1) is 25.3. The Morgan fingerprint density at radius 1 is 1.02 bits per heavy atom. The first-order valence-electron chi connectivity index (χ1n) is 14.0. The second-order valence-electron chi connectivity index (χ2n) is 10.7. The van der Waals surface area contributed by atoms with E-state index in [1.165, 1.54) is 23.3 Å². The van der Waals surface area contributed by atoms with Crippen molar-refractivity contribution in [1.29, 1.82) is 0 Å². The zero-order valence-electron chi connectivity index (χ0n) is 22.6. The standard InChI is InChI=1S/C32H30FN7O/c1-2-30(41)38-18-14-22(15-19-38)35-27-11-8-21-20-23(9-10-24(21)27)40-31(25-6-3-4-7-26(25)33)36-28-12-13-29(37-32(28)40)39-17-5-16-34-39/h2-7,9-10,12-13,16-17,20,22,27,35H,1,8,11,14-15,18-19H2/t27-/m0/s1. The molecule has 1 amide bonds. The molecular weight excluding hydrogens is 517 g/mol. The number of amides is 1. The molecule has 5 aromatic rings. The van der Waals surface area contributed by atoms with Crippen LogP contribution < -0.4 is 5.32 Å². The maximum Gasteiger partial charge on any atom is 0.245 e. The van der Waals surface area contributed by atoms with Gasteiger partial charge in [0.15, 0.2) is 11.5 Å². The van der Waals surface area contributed by atoms with E-state index >= 15 is 4.39 Å². The summed E-state index contributed by atoms with van der Waals surface area (Å²) in [6, 6.07) is 19.4. The number of likely N-dealkylation sites (tertiary alicyclic amines) is 1. The number of hydrogen-bond acceptors (Lipinski definition) is 5. The molecule has 0 unspecified atom stereocenters. The molecule has 7 rings (SSSR count). The van der Waals surface area contributed by atoms with Gasteiger partial charge < -0.3 is 10.2 Å². The van der Waals surface area contributed by atoms with Gasteiger partial charge in [-0.2, -0.15) is 5.10 Å². The van der Waals surface area contributed by atoms with Crippen molar-refractivity contribution in [3.63, 3.8) is 0 Å². The van der Waals surface area contributed by atoms with Crippen molar-refractivity contribution < 1.29 is 9.18 Å². The van der Waals surface area contributed by atoms with Crippen molar-refractivity contribution in [3.8, 4) is 22.9 Å². The highest BCUT2D eigenvalue weighted by Gasteiger charge is 2.29. The number of nitrogens with zero attached hydrogens (tertiary/aromatic N) is 6. The van der Waals surface area contributed by atoms with Crippen molar-refractivity contribution in [2.24, 2.45) is 0 Å². The highest BCUT2D eigenvalue weighted by atomic mass is 19.1. The van der Waals surface area contributed by atoms with E-state index in [9.17, 15) is 4.79 Å². The van der Waals surface area contributed by atoms with Crippen LogP contribution in [-0.4, -0.2) is 54.3 Å². The SMILES string of the molecule is C=CC(=O)N1CCC(N[C@H]2CCc3cc(-n4c(-c5ccccc5F)nc5ccc(-n6cccn6)nc54)ccc32)CC1. The Morgan fingerprint density at radius 2 is 1.88 bits per heavy atom. The van der Waals surface area contributed by atoms with E-state index in [1.54, 1.807) is 23.0 Å². The number of aromatic nitrogens is 5. The summed E-state index contributed by atoms with van der Waals surface area (Å²) < 4.78 is 18.7. The maximum atomic E-state index is 15.1. The summed E-state index contributed by atoms with van der Waals surface area (Å²) >= 11 is 0. The van der Waals surface area contributed by atoms with E-state index in [4.69, 9.17) is 9.97 Å². The first-order valence-corrected chi connectivity index (χ1v) is 14.0. The van der Waals surface area contributed by atoms with Crippen molar-refractivity contribution in [3.05, 3.63) is 103 Å². The summed E-state index contributed by atoms with van der Waals surface area (Å²) in [5, 5.41) is 8.18. The van der Waals surface area contributed by atoms with Gasteiger partial charge in [-0.25, -0.2) is 19.0 Å². The Morgan fingerprint density at radius 3 is 2.66 bits per heavy atom. The minimum absolute atomic E-state index is 0.00945. The van der Waals surface area contributed by atoms with Crippen LogP contribution in [-0.2, 0) is 11.2 Å². The van der Waals surface area contributed by atoms with E-state index in [0.717, 1.165) is 44.5 Å². The number of aryl methyl sites for hydroxylation is 1. The van der Waals surface area contributed by atoms with Crippen LogP contribution >= 0.6 is 0 Å². The number of pyridine rings is 1. The van der Waals surface area contributed by atoms with Crippen LogP contribution in [0.25, 0.3) is 34.1 Å². The van der Waals surface area contributed by atoms with Gasteiger partial charge in [-0.05, 0) is 85.4 Å². The zero-order chi connectivity index (χ0) is 27.9. The molecule has 1 aliphatic carbocycles. The number of rotatable bonds is 6. The Hall–Kier alpha value is -4.63. The highest BCUT2D eigenvalue weighted by Crippen LogP contribution is 2.36. The second kappa shape index (κ2) is 10.4. The summed E-state index contributed by atoms with van der Waals surface area (Å²) in [7, 11) is 0. The van der Waals surface area contributed by atoms with Crippen LogP contribution in [0, 0.1) is 5.82 Å². The van der Waals surface area contributed by atoms with Crippen LogP contribution in [0.2, 0.25) is 0 Å². The molecule has 1 atom stereocenters. The fourth-order valence-electron chi connectivity index (χ4n) is 6.14. The third-order valence-corrected chi connectivity index (χ3v) is 8.22. The Balaban J connectivity index is 1.24. The van der Waals surface area contributed by atoms with Gasteiger partial charge in [0.05, 0.1) is 5.56 Å². The molecule has 9 heteroatoms. The number of hydrogen-bond donors (Lipinski definition) is 1. The van der Waals surface area contributed by atoms with Crippen LogP contribution in [0.3, 0.4) is 0 Å². The molecule has 2 aliphatic rings. The van der Waals surface area contributed by atoms with Crippen molar-refractivity contribution >= 4 is 17.1 Å². The lowest BCUT2D eigenvalue weighted by Gasteiger charge is -2.33. The number of halogens is 1. The average molecular weight is 548 g/mol. The lowest BCUT2D eigenvalue weighted by molar-refractivity contribution is -0.127. The number of piperidine rings is 1. The number of carbonyl (C=O) groups excluding carboxylic acids is 1. The van der Waals surface area contributed by atoms with Crippen LogP contribution in [0.15, 0.2) is 85.7 Å². The summed E-state index contributed by atoms with van der Waals surface area (Å²) in [6.45, 7) is 5.11. The van der Waals surface area contributed by atoms with E-state index in [2.05, 4.69) is 35.2 Å². The van der Waals surface area contributed by atoms with Gasteiger partial charge in [-0.1, -0.05) is 24.8 Å². The third kappa shape index (κ3) is 4.62. The molecule has 1 saturated heterocycles.